The number of anilines is 1. The number of thioether (sulfide) groups is 1. The zero-order chi connectivity index (χ0) is 17.6. The first kappa shape index (κ1) is 17.0. The number of hydrogen-bond donors (Lipinski definition) is 2. The molecule has 6 nitrogen and oxygen atoms in total. The minimum Gasteiger partial charge on any atom is -0.462 e. The Bertz CT molecular complexity index is 874. The van der Waals surface area contributed by atoms with E-state index in [9.17, 15) is 9.59 Å². The van der Waals surface area contributed by atoms with Crippen molar-refractivity contribution in [1.82, 2.24) is 9.97 Å². The number of ether oxygens (including phenoxy) is 1. The van der Waals surface area contributed by atoms with Gasteiger partial charge in [-0.25, -0.2) is 9.78 Å². The summed E-state index contributed by atoms with van der Waals surface area (Å²) in [6, 6.07) is 14.4. The number of fused-ring (bicyclic) bond motifs is 1. The third-order valence-corrected chi connectivity index (χ3v) is 4.24. The molecule has 25 heavy (non-hydrogen) atoms. The van der Waals surface area contributed by atoms with E-state index in [1.54, 1.807) is 31.2 Å². The molecular formula is C18H17N3O3S. The predicted octanol–water partition coefficient (Wildman–Crippen LogP) is 3.47. The van der Waals surface area contributed by atoms with Crippen LogP contribution >= 0.6 is 11.8 Å². The van der Waals surface area contributed by atoms with Gasteiger partial charge in [0.05, 0.1) is 29.0 Å². The summed E-state index contributed by atoms with van der Waals surface area (Å²) in [4.78, 5) is 31.4. The molecule has 7 heteroatoms. The SMILES string of the molecule is CCOC(=O)c1cccc(NC(=O)CSc2nc3ccccc3[nH]2)c1. The van der Waals surface area contributed by atoms with Crippen molar-refractivity contribution in [3.8, 4) is 0 Å². The number of esters is 1. The molecular weight excluding hydrogens is 338 g/mol. The number of nitrogens with zero attached hydrogens (tertiary/aromatic N) is 1. The van der Waals surface area contributed by atoms with Crippen LogP contribution in [0.1, 0.15) is 17.3 Å². The topological polar surface area (TPSA) is 84.1 Å². The molecule has 0 aliphatic rings. The van der Waals surface area contributed by atoms with Crippen molar-refractivity contribution >= 4 is 40.4 Å². The Morgan fingerprint density at radius 3 is 2.84 bits per heavy atom. The normalized spacial score (nSPS) is 10.6. The summed E-state index contributed by atoms with van der Waals surface area (Å²) in [5, 5.41) is 3.47. The summed E-state index contributed by atoms with van der Waals surface area (Å²) in [6.07, 6.45) is 0. The molecule has 0 saturated heterocycles. The molecule has 1 heterocycles. The highest BCUT2D eigenvalue weighted by atomic mass is 32.2. The molecule has 0 saturated carbocycles. The molecule has 3 rings (SSSR count). The molecule has 128 valence electrons. The fourth-order valence-electron chi connectivity index (χ4n) is 2.27. The van der Waals surface area contributed by atoms with Gasteiger partial charge in [0.2, 0.25) is 5.91 Å². The van der Waals surface area contributed by atoms with Crippen LogP contribution in [0.3, 0.4) is 0 Å². The average Bonchev–Trinajstić information content (AvgIpc) is 3.03. The van der Waals surface area contributed by atoms with Gasteiger partial charge in [-0.1, -0.05) is 30.0 Å². The minimum absolute atomic E-state index is 0.175. The number of aromatic amines is 1. The number of para-hydroxylation sites is 2. The van der Waals surface area contributed by atoms with Crippen LogP contribution in [0.15, 0.2) is 53.7 Å². The summed E-state index contributed by atoms with van der Waals surface area (Å²) in [6.45, 7) is 2.06. The van der Waals surface area contributed by atoms with Gasteiger partial charge in [0.15, 0.2) is 5.16 Å². The van der Waals surface area contributed by atoms with E-state index in [4.69, 9.17) is 4.74 Å². The lowest BCUT2D eigenvalue weighted by Gasteiger charge is -2.06. The zero-order valence-corrected chi connectivity index (χ0v) is 14.4. The zero-order valence-electron chi connectivity index (χ0n) is 13.6. The largest absolute Gasteiger partial charge is 0.462 e. The standard InChI is InChI=1S/C18H17N3O3S/c1-2-24-17(23)12-6-5-7-13(10-12)19-16(22)11-25-18-20-14-8-3-4-9-15(14)21-18/h3-10H,2,11H2,1H3,(H,19,22)(H,20,21). The Balaban J connectivity index is 1.59. The van der Waals surface area contributed by atoms with Gasteiger partial charge in [-0.3, -0.25) is 4.79 Å². The maximum atomic E-state index is 12.1. The van der Waals surface area contributed by atoms with Gasteiger partial charge in [0.25, 0.3) is 0 Å². The average molecular weight is 355 g/mol. The summed E-state index contributed by atoms with van der Waals surface area (Å²) in [5.41, 5.74) is 2.77. The number of amides is 1. The van der Waals surface area contributed by atoms with E-state index < -0.39 is 5.97 Å². The number of aromatic nitrogens is 2. The first-order chi connectivity index (χ1) is 12.2. The van der Waals surface area contributed by atoms with Crippen molar-refractivity contribution in [2.24, 2.45) is 0 Å². The van der Waals surface area contributed by atoms with Crippen molar-refractivity contribution in [3.63, 3.8) is 0 Å². The van der Waals surface area contributed by atoms with Gasteiger partial charge >= 0.3 is 5.97 Å². The summed E-state index contributed by atoms with van der Waals surface area (Å²) in [7, 11) is 0. The van der Waals surface area contributed by atoms with Crippen molar-refractivity contribution < 1.29 is 14.3 Å². The molecule has 3 aromatic rings. The first-order valence-electron chi connectivity index (χ1n) is 7.80. The van der Waals surface area contributed by atoms with Gasteiger partial charge in [-0.2, -0.15) is 0 Å². The van der Waals surface area contributed by atoms with Crippen molar-refractivity contribution in [3.05, 3.63) is 54.1 Å². The van der Waals surface area contributed by atoms with Gasteiger partial charge in [0, 0.05) is 5.69 Å². The molecule has 0 atom stereocenters. The van der Waals surface area contributed by atoms with Crippen LogP contribution < -0.4 is 5.32 Å². The summed E-state index contributed by atoms with van der Waals surface area (Å²) < 4.78 is 4.95. The van der Waals surface area contributed by atoms with Crippen molar-refractivity contribution in [1.29, 1.82) is 0 Å². The van der Waals surface area contributed by atoms with Crippen LogP contribution in [0.4, 0.5) is 5.69 Å². The number of rotatable bonds is 6. The molecule has 0 spiro atoms. The van der Waals surface area contributed by atoms with E-state index in [1.165, 1.54) is 11.8 Å². The quantitative estimate of drug-likeness (QED) is 0.522. The van der Waals surface area contributed by atoms with Crippen LogP contribution in [0.5, 0.6) is 0 Å². The van der Waals surface area contributed by atoms with Crippen LogP contribution in [0.2, 0.25) is 0 Å². The molecule has 0 unspecified atom stereocenters. The lowest BCUT2D eigenvalue weighted by molar-refractivity contribution is -0.113. The predicted molar refractivity (Wildman–Crippen MR) is 97.8 cm³/mol. The maximum Gasteiger partial charge on any atom is 0.338 e. The first-order valence-corrected chi connectivity index (χ1v) is 8.79. The molecule has 0 aliphatic heterocycles. The summed E-state index contributed by atoms with van der Waals surface area (Å²) >= 11 is 1.32. The number of carbonyl (C=O) groups is 2. The van der Waals surface area contributed by atoms with Gasteiger partial charge in [-0.05, 0) is 37.3 Å². The van der Waals surface area contributed by atoms with Crippen LogP contribution in [-0.2, 0) is 9.53 Å². The van der Waals surface area contributed by atoms with Crippen molar-refractivity contribution in [2.75, 3.05) is 17.7 Å². The highest BCUT2D eigenvalue weighted by molar-refractivity contribution is 7.99. The smallest absolute Gasteiger partial charge is 0.338 e. The monoisotopic (exact) mass is 355 g/mol. The van der Waals surface area contributed by atoms with Gasteiger partial charge in [-0.15, -0.1) is 0 Å². The molecule has 0 radical (unpaired) electrons. The van der Waals surface area contributed by atoms with E-state index in [2.05, 4.69) is 15.3 Å². The molecule has 0 fully saturated rings. The molecule has 1 amide bonds. The summed E-state index contributed by atoms with van der Waals surface area (Å²) in [5.74, 6) is -0.370. The lowest BCUT2D eigenvalue weighted by atomic mass is 10.2. The Hall–Kier alpha value is -2.80. The number of benzene rings is 2. The molecule has 1 aromatic heterocycles. The lowest BCUT2D eigenvalue weighted by Crippen LogP contribution is -2.14. The maximum absolute atomic E-state index is 12.1. The van der Waals surface area contributed by atoms with E-state index in [1.807, 2.05) is 24.3 Å². The third kappa shape index (κ3) is 4.39. The second-order valence-electron chi connectivity index (χ2n) is 5.20. The second kappa shape index (κ2) is 7.85. The van der Waals surface area contributed by atoms with Crippen molar-refractivity contribution in [2.45, 2.75) is 12.1 Å². The number of H-pyrrole nitrogens is 1. The number of hydrogen-bond acceptors (Lipinski definition) is 5. The Kier molecular flexibility index (Phi) is 5.35. The van der Waals surface area contributed by atoms with E-state index in [-0.39, 0.29) is 11.7 Å². The minimum atomic E-state index is -0.407. The third-order valence-electron chi connectivity index (χ3n) is 3.37. The molecule has 0 bridgehead atoms. The van der Waals surface area contributed by atoms with Crippen LogP contribution in [0, 0.1) is 0 Å². The highest BCUT2D eigenvalue weighted by Crippen LogP contribution is 2.19. The molecule has 2 N–H and O–H groups in total. The fraction of sp³-hybridized carbons (Fsp3) is 0.167. The van der Waals surface area contributed by atoms with E-state index >= 15 is 0 Å². The van der Waals surface area contributed by atoms with Crippen LogP contribution in [0.25, 0.3) is 11.0 Å². The van der Waals surface area contributed by atoms with E-state index in [0.29, 0.717) is 23.0 Å². The van der Waals surface area contributed by atoms with Crippen LogP contribution in [-0.4, -0.2) is 34.2 Å². The fourth-order valence-corrected chi connectivity index (χ4v) is 2.95. The Morgan fingerprint density at radius 2 is 2.04 bits per heavy atom. The molecule has 2 aromatic carbocycles. The van der Waals surface area contributed by atoms with E-state index in [0.717, 1.165) is 11.0 Å². The Morgan fingerprint density at radius 1 is 1.20 bits per heavy atom. The number of nitrogens with one attached hydrogen (secondary N) is 2. The van der Waals surface area contributed by atoms with Gasteiger partial charge in [0.1, 0.15) is 0 Å². The number of imidazole rings is 1. The number of carbonyl (C=O) groups excluding carboxylic acids is 2. The van der Waals surface area contributed by atoms with Gasteiger partial charge < -0.3 is 15.0 Å². The Labute approximate surface area is 149 Å². The highest BCUT2D eigenvalue weighted by Gasteiger charge is 2.10. The second-order valence-corrected chi connectivity index (χ2v) is 6.16. The molecule has 0 aliphatic carbocycles.